The van der Waals surface area contributed by atoms with Crippen LogP contribution in [0.4, 0.5) is 5.82 Å². The van der Waals surface area contributed by atoms with Gasteiger partial charge in [0.25, 0.3) is 0 Å². The number of aromatic nitrogens is 2. The largest absolute Gasteiger partial charge is 0.465 e. The van der Waals surface area contributed by atoms with Gasteiger partial charge in [-0.1, -0.05) is 0 Å². The van der Waals surface area contributed by atoms with Crippen LogP contribution in [0.1, 0.15) is 23.1 Å². The van der Waals surface area contributed by atoms with Crippen LogP contribution >= 0.6 is 0 Å². The highest BCUT2D eigenvalue weighted by atomic mass is 16.5. The summed E-state index contributed by atoms with van der Waals surface area (Å²) >= 11 is 0. The van der Waals surface area contributed by atoms with Gasteiger partial charge in [-0.3, -0.25) is 4.79 Å². The molecule has 1 aromatic rings. The molecule has 0 unspecified atom stereocenters. The number of likely N-dealkylation sites (N-methyl/N-ethyl adjacent to an activating group) is 1. The molecule has 0 spiro atoms. The SMILES string of the molecule is CCN(C)C(=O)CNc1nc(C)ncc1C(=O)OC. The molecule has 0 radical (unpaired) electrons. The monoisotopic (exact) mass is 266 g/mol. The average Bonchev–Trinajstić information content (AvgIpc) is 2.43. The lowest BCUT2D eigenvalue weighted by atomic mass is 10.3. The van der Waals surface area contributed by atoms with E-state index in [0.29, 0.717) is 18.2 Å². The number of methoxy groups -OCH3 is 1. The quantitative estimate of drug-likeness (QED) is 0.779. The maximum Gasteiger partial charge on any atom is 0.343 e. The summed E-state index contributed by atoms with van der Waals surface area (Å²) in [4.78, 5) is 32.8. The summed E-state index contributed by atoms with van der Waals surface area (Å²) in [7, 11) is 2.98. The number of anilines is 1. The Kier molecular flexibility index (Phi) is 5.23. The second kappa shape index (κ2) is 6.67. The molecule has 0 atom stereocenters. The van der Waals surface area contributed by atoms with Gasteiger partial charge in [-0.2, -0.15) is 0 Å². The zero-order chi connectivity index (χ0) is 14.4. The van der Waals surface area contributed by atoms with E-state index in [2.05, 4.69) is 20.0 Å². The van der Waals surface area contributed by atoms with Crippen molar-refractivity contribution < 1.29 is 14.3 Å². The maximum absolute atomic E-state index is 11.7. The van der Waals surface area contributed by atoms with Crippen molar-refractivity contribution in [2.45, 2.75) is 13.8 Å². The van der Waals surface area contributed by atoms with E-state index < -0.39 is 5.97 Å². The van der Waals surface area contributed by atoms with Crippen LogP contribution < -0.4 is 5.32 Å². The Bertz CT molecular complexity index is 476. The minimum Gasteiger partial charge on any atom is -0.465 e. The molecule has 0 aliphatic rings. The molecule has 7 nitrogen and oxygen atoms in total. The molecule has 0 saturated heterocycles. The van der Waals surface area contributed by atoms with Crippen molar-refractivity contribution >= 4 is 17.7 Å². The zero-order valence-electron chi connectivity index (χ0n) is 11.6. The number of carbonyl (C=O) groups excluding carboxylic acids is 2. The number of hydrogen-bond acceptors (Lipinski definition) is 6. The molecule has 7 heteroatoms. The van der Waals surface area contributed by atoms with E-state index in [4.69, 9.17) is 0 Å². The molecule has 1 amide bonds. The second-order valence-corrected chi connectivity index (χ2v) is 3.93. The van der Waals surface area contributed by atoms with Crippen molar-refractivity contribution in [3.05, 3.63) is 17.6 Å². The predicted octanol–water partition coefficient (Wildman–Crippen LogP) is 0.462. The van der Waals surface area contributed by atoms with Gasteiger partial charge in [0.2, 0.25) is 5.91 Å². The van der Waals surface area contributed by atoms with E-state index in [1.165, 1.54) is 13.3 Å². The standard InChI is InChI=1S/C12H18N4O3/c1-5-16(3)10(17)7-14-11-9(12(18)19-4)6-13-8(2)15-11/h6H,5,7H2,1-4H3,(H,13,14,15). The number of nitrogens with one attached hydrogen (secondary N) is 1. The molecule has 19 heavy (non-hydrogen) atoms. The molecule has 1 heterocycles. The first-order valence-electron chi connectivity index (χ1n) is 5.89. The van der Waals surface area contributed by atoms with E-state index >= 15 is 0 Å². The number of ether oxygens (including phenoxy) is 1. The molecule has 1 rings (SSSR count). The molecular weight excluding hydrogens is 248 g/mol. The summed E-state index contributed by atoms with van der Waals surface area (Å²) in [6.45, 7) is 4.26. The Morgan fingerprint density at radius 1 is 1.47 bits per heavy atom. The first-order valence-corrected chi connectivity index (χ1v) is 5.89. The van der Waals surface area contributed by atoms with Crippen LogP contribution in [-0.2, 0) is 9.53 Å². The Hall–Kier alpha value is -2.18. The first kappa shape index (κ1) is 14.9. The van der Waals surface area contributed by atoms with E-state index in [1.54, 1.807) is 18.9 Å². The number of nitrogens with zero attached hydrogens (tertiary/aromatic N) is 3. The van der Waals surface area contributed by atoms with Crippen LogP contribution in [0, 0.1) is 6.92 Å². The summed E-state index contributed by atoms with van der Waals surface area (Å²) in [5.41, 5.74) is 0.208. The van der Waals surface area contributed by atoms with Crippen molar-refractivity contribution in [1.29, 1.82) is 0 Å². The van der Waals surface area contributed by atoms with Crippen LogP contribution in [-0.4, -0.2) is 54.0 Å². The lowest BCUT2D eigenvalue weighted by Gasteiger charge is -2.15. The summed E-state index contributed by atoms with van der Waals surface area (Å²) in [6.07, 6.45) is 1.38. The highest BCUT2D eigenvalue weighted by molar-refractivity contribution is 5.94. The van der Waals surface area contributed by atoms with E-state index in [9.17, 15) is 9.59 Å². The number of aryl methyl sites for hydroxylation is 1. The lowest BCUT2D eigenvalue weighted by molar-refractivity contribution is -0.127. The molecule has 0 fully saturated rings. The Balaban J connectivity index is 2.85. The zero-order valence-corrected chi connectivity index (χ0v) is 11.6. The van der Waals surface area contributed by atoms with Gasteiger partial charge in [0, 0.05) is 19.8 Å². The minimum absolute atomic E-state index is 0.0603. The van der Waals surface area contributed by atoms with Gasteiger partial charge in [-0.25, -0.2) is 14.8 Å². The summed E-state index contributed by atoms with van der Waals surface area (Å²) in [6, 6.07) is 0. The molecule has 0 bridgehead atoms. The van der Waals surface area contributed by atoms with E-state index in [0.717, 1.165) is 0 Å². The van der Waals surface area contributed by atoms with Crippen molar-refractivity contribution in [2.24, 2.45) is 0 Å². The molecule has 1 N–H and O–H groups in total. The third-order valence-electron chi connectivity index (χ3n) is 2.62. The van der Waals surface area contributed by atoms with Crippen LogP contribution in [0.15, 0.2) is 6.20 Å². The summed E-state index contributed by atoms with van der Waals surface area (Å²) in [5.74, 6) is 0.178. The van der Waals surface area contributed by atoms with Crippen LogP contribution in [0.2, 0.25) is 0 Å². The van der Waals surface area contributed by atoms with Crippen molar-refractivity contribution in [3.8, 4) is 0 Å². The van der Waals surface area contributed by atoms with Gasteiger partial charge in [0.1, 0.15) is 17.2 Å². The van der Waals surface area contributed by atoms with Gasteiger partial charge in [-0.05, 0) is 13.8 Å². The number of carbonyl (C=O) groups is 2. The number of hydrogen-bond donors (Lipinski definition) is 1. The molecule has 104 valence electrons. The number of esters is 1. The van der Waals surface area contributed by atoms with E-state index in [1.807, 2.05) is 6.92 Å². The summed E-state index contributed by atoms with van der Waals surface area (Å²) < 4.78 is 4.64. The molecule has 0 aromatic carbocycles. The second-order valence-electron chi connectivity index (χ2n) is 3.93. The Morgan fingerprint density at radius 3 is 2.74 bits per heavy atom. The highest BCUT2D eigenvalue weighted by Crippen LogP contribution is 2.12. The average molecular weight is 266 g/mol. The number of amides is 1. The molecule has 0 aliphatic heterocycles. The molecule has 0 aliphatic carbocycles. The Labute approximate surface area is 112 Å². The fraction of sp³-hybridized carbons (Fsp3) is 0.500. The third-order valence-corrected chi connectivity index (χ3v) is 2.62. The maximum atomic E-state index is 11.7. The smallest absolute Gasteiger partial charge is 0.343 e. The van der Waals surface area contributed by atoms with Crippen molar-refractivity contribution in [1.82, 2.24) is 14.9 Å². The summed E-state index contributed by atoms with van der Waals surface area (Å²) in [5, 5.41) is 2.84. The lowest BCUT2D eigenvalue weighted by Crippen LogP contribution is -2.32. The third kappa shape index (κ3) is 3.90. The van der Waals surface area contributed by atoms with Gasteiger partial charge < -0.3 is 15.0 Å². The van der Waals surface area contributed by atoms with Gasteiger partial charge >= 0.3 is 5.97 Å². The fourth-order valence-electron chi connectivity index (χ4n) is 1.33. The fourth-order valence-corrected chi connectivity index (χ4v) is 1.33. The van der Waals surface area contributed by atoms with Gasteiger partial charge in [0.05, 0.1) is 13.7 Å². The topological polar surface area (TPSA) is 84.4 Å². The molecule has 1 aromatic heterocycles. The van der Waals surface area contributed by atoms with Crippen molar-refractivity contribution in [2.75, 3.05) is 32.6 Å². The van der Waals surface area contributed by atoms with Gasteiger partial charge in [0.15, 0.2) is 0 Å². The van der Waals surface area contributed by atoms with Gasteiger partial charge in [-0.15, -0.1) is 0 Å². The van der Waals surface area contributed by atoms with E-state index in [-0.39, 0.29) is 18.0 Å². The Morgan fingerprint density at radius 2 is 2.16 bits per heavy atom. The normalized spacial score (nSPS) is 9.89. The first-order chi connectivity index (χ1) is 8.99. The minimum atomic E-state index is -0.543. The van der Waals surface area contributed by atoms with Crippen LogP contribution in [0.5, 0.6) is 0 Å². The molecule has 0 saturated carbocycles. The predicted molar refractivity (Wildman–Crippen MR) is 69.9 cm³/mol. The van der Waals surface area contributed by atoms with Crippen LogP contribution in [0.25, 0.3) is 0 Å². The highest BCUT2D eigenvalue weighted by Gasteiger charge is 2.15. The molecular formula is C12H18N4O3. The van der Waals surface area contributed by atoms with Crippen molar-refractivity contribution in [3.63, 3.8) is 0 Å². The van der Waals surface area contributed by atoms with Crippen LogP contribution in [0.3, 0.4) is 0 Å². The number of rotatable bonds is 5.